The summed E-state index contributed by atoms with van der Waals surface area (Å²) in [5.74, 6) is 0.601. The second-order valence-corrected chi connectivity index (χ2v) is 5.98. The zero-order valence-electron chi connectivity index (χ0n) is 13.0. The zero-order valence-corrected chi connectivity index (χ0v) is 13.0. The maximum atomic E-state index is 12.7. The summed E-state index contributed by atoms with van der Waals surface area (Å²) >= 11 is 0. The highest BCUT2D eigenvalue weighted by Gasteiger charge is 2.42. The maximum Gasteiger partial charge on any atom is 0.328 e. The van der Waals surface area contributed by atoms with Gasteiger partial charge in [0.15, 0.2) is 5.82 Å². The second kappa shape index (κ2) is 5.95. The first-order chi connectivity index (χ1) is 11.7. The lowest BCUT2D eigenvalue weighted by molar-refractivity contribution is 0.171. The molecule has 2 aliphatic heterocycles. The van der Waals surface area contributed by atoms with Gasteiger partial charge in [-0.15, -0.1) is 0 Å². The molecule has 2 aromatic rings. The summed E-state index contributed by atoms with van der Waals surface area (Å²) in [5, 5.41) is 6.62. The molecule has 2 aliphatic rings. The molecule has 8 heteroatoms. The SMILES string of the molecule is O=C1NCCN1C(=O)N1C[C@@H](c2ccccc2)[C@H](c2ncon2)C1. The predicted octanol–water partition coefficient (Wildman–Crippen LogP) is 1.40. The number of carbonyl (C=O) groups is 2. The summed E-state index contributed by atoms with van der Waals surface area (Å²) in [7, 11) is 0. The Kier molecular flexibility index (Phi) is 3.64. The molecule has 4 rings (SSSR count). The molecular formula is C16H17N5O3. The van der Waals surface area contributed by atoms with Crippen molar-refractivity contribution in [3.63, 3.8) is 0 Å². The van der Waals surface area contributed by atoms with Crippen LogP contribution in [0.2, 0.25) is 0 Å². The number of carbonyl (C=O) groups excluding carboxylic acids is 2. The number of nitrogens with one attached hydrogen (secondary N) is 1. The quantitative estimate of drug-likeness (QED) is 0.900. The highest BCUT2D eigenvalue weighted by atomic mass is 16.5. The van der Waals surface area contributed by atoms with E-state index in [2.05, 4.69) is 15.5 Å². The molecule has 0 radical (unpaired) electrons. The van der Waals surface area contributed by atoms with E-state index in [1.807, 2.05) is 30.3 Å². The minimum atomic E-state index is -0.334. The molecule has 4 amide bonds. The van der Waals surface area contributed by atoms with E-state index in [0.29, 0.717) is 32.0 Å². The molecule has 0 aliphatic carbocycles. The normalized spacial score (nSPS) is 23.6. The number of imide groups is 1. The van der Waals surface area contributed by atoms with Gasteiger partial charge in [-0.3, -0.25) is 0 Å². The van der Waals surface area contributed by atoms with Crippen LogP contribution in [0.1, 0.15) is 23.2 Å². The van der Waals surface area contributed by atoms with Crippen LogP contribution in [0.25, 0.3) is 0 Å². The molecule has 0 bridgehead atoms. The van der Waals surface area contributed by atoms with Gasteiger partial charge >= 0.3 is 12.1 Å². The molecule has 0 unspecified atom stereocenters. The third-order valence-corrected chi connectivity index (χ3v) is 4.62. The third-order valence-electron chi connectivity index (χ3n) is 4.62. The molecule has 2 saturated heterocycles. The Morgan fingerprint density at radius 3 is 2.67 bits per heavy atom. The van der Waals surface area contributed by atoms with Crippen LogP contribution in [-0.2, 0) is 0 Å². The van der Waals surface area contributed by atoms with Gasteiger partial charge in [0.05, 0.1) is 0 Å². The number of aromatic nitrogens is 2. The number of likely N-dealkylation sites (tertiary alicyclic amines) is 1. The van der Waals surface area contributed by atoms with Gasteiger partial charge in [0.1, 0.15) is 0 Å². The maximum absolute atomic E-state index is 12.7. The molecular weight excluding hydrogens is 310 g/mol. The van der Waals surface area contributed by atoms with Crippen molar-refractivity contribution in [1.82, 2.24) is 25.3 Å². The van der Waals surface area contributed by atoms with E-state index in [4.69, 9.17) is 4.52 Å². The van der Waals surface area contributed by atoms with Crippen LogP contribution in [-0.4, -0.2) is 58.2 Å². The number of rotatable bonds is 2. The third kappa shape index (κ3) is 2.49. The molecule has 3 heterocycles. The molecule has 2 fully saturated rings. The van der Waals surface area contributed by atoms with E-state index in [0.717, 1.165) is 5.56 Å². The molecule has 124 valence electrons. The van der Waals surface area contributed by atoms with Gasteiger partial charge in [0.2, 0.25) is 6.39 Å². The van der Waals surface area contributed by atoms with Crippen molar-refractivity contribution >= 4 is 12.1 Å². The second-order valence-electron chi connectivity index (χ2n) is 5.98. The summed E-state index contributed by atoms with van der Waals surface area (Å²) < 4.78 is 4.88. The summed E-state index contributed by atoms with van der Waals surface area (Å²) in [6.07, 6.45) is 1.30. The minimum absolute atomic E-state index is 0.0548. The molecule has 1 aromatic carbocycles. The first-order valence-corrected chi connectivity index (χ1v) is 7.89. The van der Waals surface area contributed by atoms with Gasteiger partial charge in [-0.2, -0.15) is 4.98 Å². The largest absolute Gasteiger partial charge is 0.343 e. The van der Waals surface area contributed by atoms with Gasteiger partial charge < -0.3 is 14.7 Å². The Morgan fingerprint density at radius 2 is 2.00 bits per heavy atom. The fraction of sp³-hybridized carbons (Fsp3) is 0.375. The molecule has 1 aromatic heterocycles. The Bertz CT molecular complexity index is 733. The lowest BCUT2D eigenvalue weighted by Gasteiger charge is -2.21. The van der Waals surface area contributed by atoms with Crippen LogP contribution in [0.15, 0.2) is 41.2 Å². The molecule has 8 nitrogen and oxygen atoms in total. The van der Waals surface area contributed by atoms with Gasteiger partial charge in [-0.1, -0.05) is 35.5 Å². The van der Waals surface area contributed by atoms with Crippen molar-refractivity contribution in [2.45, 2.75) is 11.8 Å². The Hall–Kier alpha value is -2.90. The van der Waals surface area contributed by atoms with Gasteiger partial charge in [-0.25, -0.2) is 14.5 Å². The van der Waals surface area contributed by atoms with Crippen LogP contribution in [0.4, 0.5) is 9.59 Å². The number of amides is 4. The summed E-state index contributed by atoms with van der Waals surface area (Å²) in [6.45, 7) is 1.87. The number of urea groups is 2. The number of nitrogens with zero attached hydrogens (tertiary/aromatic N) is 4. The number of hydrogen-bond donors (Lipinski definition) is 1. The van der Waals surface area contributed by atoms with Gasteiger partial charge in [0.25, 0.3) is 0 Å². The van der Waals surface area contributed by atoms with E-state index in [1.165, 1.54) is 11.3 Å². The Balaban J connectivity index is 1.61. The van der Waals surface area contributed by atoms with Crippen LogP contribution < -0.4 is 5.32 Å². The van der Waals surface area contributed by atoms with E-state index in [1.54, 1.807) is 4.90 Å². The average Bonchev–Trinajstić information content (AvgIpc) is 3.35. The zero-order chi connectivity index (χ0) is 16.5. The minimum Gasteiger partial charge on any atom is -0.343 e. The Labute approximate surface area is 138 Å². The van der Waals surface area contributed by atoms with E-state index in [9.17, 15) is 9.59 Å². The molecule has 2 atom stereocenters. The van der Waals surface area contributed by atoms with Gasteiger partial charge in [-0.05, 0) is 5.56 Å². The van der Waals surface area contributed by atoms with Crippen molar-refractivity contribution < 1.29 is 14.1 Å². The predicted molar refractivity (Wildman–Crippen MR) is 83.3 cm³/mol. The van der Waals surface area contributed by atoms with E-state index in [-0.39, 0.29) is 23.9 Å². The summed E-state index contributed by atoms with van der Waals surface area (Å²) in [4.78, 5) is 31.6. The molecule has 1 N–H and O–H groups in total. The first kappa shape index (κ1) is 14.7. The fourth-order valence-electron chi connectivity index (χ4n) is 3.43. The average molecular weight is 327 g/mol. The van der Waals surface area contributed by atoms with Crippen molar-refractivity contribution in [3.05, 3.63) is 48.1 Å². The molecule has 0 spiro atoms. The standard InChI is InChI=1S/C16H17N5O3/c22-15-17-6-7-21(15)16(23)20-8-12(11-4-2-1-3-5-11)13(9-20)14-18-10-24-19-14/h1-5,10,12-13H,6-9H2,(H,17,22)/t12-,13+/m0/s1. The molecule has 0 saturated carbocycles. The number of hydrogen-bond acceptors (Lipinski definition) is 5. The Morgan fingerprint density at radius 1 is 1.21 bits per heavy atom. The lowest BCUT2D eigenvalue weighted by atomic mass is 9.88. The summed E-state index contributed by atoms with van der Waals surface area (Å²) in [5.41, 5.74) is 1.12. The van der Waals surface area contributed by atoms with Crippen molar-refractivity contribution in [1.29, 1.82) is 0 Å². The smallest absolute Gasteiger partial charge is 0.328 e. The topological polar surface area (TPSA) is 91.6 Å². The summed E-state index contributed by atoms with van der Waals surface area (Å²) in [6, 6.07) is 9.38. The van der Waals surface area contributed by atoms with Crippen molar-refractivity contribution in [2.24, 2.45) is 0 Å². The van der Waals surface area contributed by atoms with Crippen LogP contribution in [0, 0.1) is 0 Å². The highest BCUT2D eigenvalue weighted by Crippen LogP contribution is 2.38. The van der Waals surface area contributed by atoms with Crippen LogP contribution >= 0.6 is 0 Å². The van der Waals surface area contributed by atoms with Gasteiger partial charge in [0, 0.05) is 38.0 Å². The van der Waals surface area contributed by atoms with E-state index >= 15 is 0 Å². The number of benzene rings is 1. The lowest BCUT2D eigenvalue weighted by Crippen LogP contribution is -2.43. The monoisotopic (exact) mass is 327 g/mol. The molecule has 24 heavy (non-hydrogen) atoms. The van der Waals surface area contributed by atoms with Crippen molar-refractivity contribution in [2.75, 3.05) is 26.2 Å². The van der Waals surface area contributed by atoms with Crippen LogP contribution in [0.3, 0.4) is 0 Å². The first-order valence-electron chi connectivity index (χ1n) is 7.89. The van der Waals surface area contributed by atoms with E-state index < -0.39 is 0 Å². The van der Waals surface area contributed by atoms with Crippen molar-refractivity contribution in [3.8, 4) is 0 Å². The van der Waals surface area contributed by atoms with Crippen LogP contribution in [0.5, 0.6) is 0 Å². The fourth-order valence-corrected chi connectivity index (χ4v) is 3.43. The highest BCUT2D eigenvalue weighted by molar-refractivity contribution is 5.95.